The number of nitrogens with one attached hydrogen (secondary N) is 1. The molecule has 3 heteroatoms. The second-order valence-electron chi connectivity index (χ2n) is 1.35. The van der Waals surface area contributed by atoms with Crippen LogP contribution in [0.4, 0.5) is 4.39 Å². The van der Waals surface area contributed by atoms with Crippen LogP contribution in [0, 0.1) is 5.95 Å². The maximum absolute atomic E-state index is 12.0. The number of H-pyrrole nitrogens is 1. The number of hydrogen-bond acceptors (Lipinski definition) is 0. The quantitative estimate of drug-likeness (QED) is 0.473. The van der Waals surface area contributed by atoms with Crippen molar-refractivity contribution >= 4 is 11.6 Å². The maximum atomic E-state index is 12.0. The summed E-state index contributed by atoms with van der Waals surface area (Å²) >= 11 is 5.35. The van der Waals surface area contributed by atoms with E-state index in [0.717, 1.165) is 0 Å². The second kappa shape index (κ2) is 2.09. The van der Waals surface area contributed by atoms with Gasteiger partial charge in [-0.2, -0.15) is 4.98 Å². The molecule has 42 valence electrons. The van der Waals surface area contributed by atoms with Crippen molar-refractivity contribution in [1.29, 1.82) is 0 Å². The van der Waals surface area contributed by atoms with E-state index in [1.54, 1.807) is 6.07 Å². The van der Waals surface area contributed by atoms with Crippen molar-refractivity contribution in [2.45, 2.75) is 0 Å². The Bertz CT molecular complexity index is 172. The highest BCUT2D eigenvalue weighted by Crippen LogP contribution is 1.96. The molecule has 0 spiro atoms. The third kappa shape index (κ3) is 1.17. The highest BCUT2D eigenvalue weighted by molar-refractivity contribution is 6.28. The molecule has 0 unspecified atom stereocenters. The molecule has 8 heavy (non-hydrogen) atoms. The fourth-order valence-corrected chi connectivity index (χ4v) is 0.577. The van der Waals surface area contributed by atoms with Gasteiger partial charge in [-0.05, 0) is 17.7 Å². The topological polar surface area (TPSA) is 14.1 Å². The molecule has 0 saturated carbocycles. The Labute approximate surface area is 51.1 Å². The van der Waals surface area contributed by atoms with Crippen LogP contribution in [0.15, 0.2) is 18.2 Å². The van der Waals surface area contributed by atoms with Gasteiger partial charge in [0, 0.05) is 12.1 Å². The lowest BCUT2D eigenvalue weighted by molar-refractivity contribution is -0.419. The monoisotopic (exact) mass is 132 g/mol. The summed E-state index contributed by atoms with van der Waals surface area (Å²) in [6, 6.07) is 4.41. The van der Waals surface area contributed by atoms with E-state index >= 15 is 0 Å². The van der Waals surface area contributed by atoms with Crippen LogP contribution >= 0.6 is 11.6 Å². The molecule has 1 heterocycles. The van der Waals surface area contributed by atoms with E-state index in [0.29, 0.717) is 5.15 Å². The van der Waals surface area contributed by atoms with Gasteiger partial charge in [-0.3, -0.25) is 0 Å². The molecule has 0 fully saturated rings. The van der Waals surface area contributed by atoms with Crippen molar-refractivity contribution in [2.24, 2.45) is 0 Å². The Balaban J connectivity index is 3.08. The van der Waals surface area contributed by atoms with E-state index < -0.39 is 5.95 Å². The molecule has 0 radical (unpaired) electrons. The summed E-state index contributed by atoms with van der Waals surface area (Å²) in [5, 5.41) is 0.310. The summed E-state index contributed by atoms with van der Waals surface area (Å²) in [5.74, 6) is -0.419. The van der Waals surface area contributed by atoms with Gasteiger partial charge in [-0.25, -0.2) is 0 Å². The molecule has 1 nitrogen and oxygen atoms in total. The van der Waals surface area contributed by atoms with Crippen LogP contribution in [0.3, 0.4) is 0 Å². The SMILES string of the molecule is Fc1cccc(Cl)[nH+]1. The van der Waals surface area contributed by atoms with Crippen molar-refractivity contribution in [3.05, 3.63) is 29.3 Å². The first-order valence-electron chi connectivity index (χ1n) is 2.12. The van der Waals surface area contributed by atoms with E-state index in [9.17, 15) is 4.39 Å². The van der Waals surface area contributed by atoms with Crippen LogP contribution in [-0.2, 0) is 0 Å². The summed E-state index contributed by atoms with van der Waals surface area (Å²) in [5.41, 5.74) is 0. The Kier molecular flexibility index (Phi) is 1.44. The van der Waals surface area contributed by atoms with Crippen LogP contribution < -0.4 is 4.98 Å². The minimum absolute atomic E-state index is 0.310. The summed E-state index contributed by atoms with van der Waals surface area (Å²) in [4.78, 5) is 2.27. The summed E-state index contributed by atoms with van der Waals surface area (Å²) < 4.78 is 12.0. The third-order valence-electron chi connectivity index (χ3n) is 0.724. The normalized spacial score (nSPS) is 9.25. The highest BCUT2D eigenvalue weighted by atomic mass is 35.5. The predicted molar refractivity (Wildman–Crippen MR) is 28.0 cm³/mol. The lowest BCUT2D eigenvalue weighted by Gasteiger charge is -1.76. The molecular weight excluding hydrogens is 129 g/mol. The molecular formula is C5H4ClFN+. The number of hydrogen-bond donors (Lipinski definition) is 0. The van der Waals surface area contributed by atoms with Gasteiger partial charge in [-0.1, -0.05) is 0 Å². The van der Waals surface area contributed by atoms with Gasteiger partial charge < -0.3 is 0 Å². The second-order valence-corrected chi connectivity index (χ2v) is 1.75. The molecule has 0 aliphatic carbocycles. The highest BCUT2D eigenvalue weighted by Gasteiger charge is 1.97. The fraction of sp³-hybridized carbons (Fsp3) is 0. The average molecular weight is 133 g/mol. The van der Waals surface area contributed by atoms with Crippen molar-refractivity contribution in [3.8, 4) is 0 Å². The van der Waals surface area contributed by atoms with E-state index in [1.165, 1.54) is 12.1 Å². The van der Waals surface area contributed by atoms with Crippen molar-refractivity contribution < 1.29 is 9.37 Å². The smallest absolute Gasteiger partial charge is 0.170 e. The van der Waals surface area contributed by atoms with E-state index in [1.807, 2.05) is 0 Å². The van der Waals surface area contributed by atoms with Crippen LogP contribution in [0.1, 0.15) is 0 Å². The summed E-state index contributed by atoms with van der Waals surface area (Å²) in [6.45, 7) is 0. The average Bonchev–Trinajstić information content (AvgIpc) is 1.64. The molecule has 0 atom stereocenters. The minimum atomic E-state index is -0.419. The summed E-state index contributed by atoms with van der Waals surface area (Å²) in [6.07, 6.45) is 0. The van der Waals surface area contributed by atoms with Crippen LogP contribution in [0.25, 0.3) is 0 Å². The van der Waals surface area contributed by atoms with Crippen molar-refractivity contribution in [1.82, 2.24) is 0 Å². The lowest BCUT2D eigenvalue weighted by Crippen LogP contribution is -2.07. The fourth-order valence-electron chi connectivity index (χ4n) is 0.414. The zero-order valence-corrected chi connectivity index (χ0v) is 4.74. The Morgan fingerprint density at radius 3 is 2.62 bits per heavy atom. The van der Waals surface area contributed by atoms with Gasteiger partial charge in [0.1, 0.15) is 0 Å². The van der Waals surface area contributed by atoms with Gasteiger partial charge in [0.2, 0.25) is 0 Å². The van der Waals surface area contributed by atoms with E-state index in [4.69, 9.17) is 11.6 Å². The number of aromatic amines is 1. The minimum Gasteiger partial charge on any atom is -0.170 e. The first kappa shape index (κ1) is 5.51. The molecule has 1 rings (SSSR count). The molecule has 0 aromatic carbocycles. The van der Waals surface area contributed by atoms with Crippen molar-refractivity contribution in [2.75, 3.05) is 0 Å². The molecule has 0 aliphatic heterocycles. The van der Waals surface area contributed by atoms with Gasteiger partial charge in [0.05, 0.1) is 0 Å². The van der Waals surface area contributed by atoms with E-state index in [2.05, 4.69) is 4.98 Å². The molecule has 1 aromatic heterocycles. The number of halogens is 2. The zero-order chi connectivity index (χ0) is 5.98. The lowest BCUT2D eigenvalue weighted by atomic mass is 10.5. The van der Waals surface area contributed by atoms with Gasteiger partial charge in [-0.15, -0.1) is 4.39 Å². The molecule has 0 amide bonds. The molecule has 0 bridgehead atoms. The molecule has 0 saturated heterocycles. The molecule has 1 aromatic rings. The first-order chi connectivity index (χ1) is 3.79. The van der Waals surface area contributed by atoms with Gasteiger partial charge in [0.15, 0.2) is 0 Å². The Hall–Kier alpha value is -0.630. The Morgan fingerprint density at radius 1 is 1.50 bits per heavy atom. The predicted octanol–water partition coefficient (Wildman–Crippen LogP) is 1.29. The first-order valence-corrected chi connectivity index (χ1v) is 2.50. The number of pyridine rings is 1. The standard InChI is InChI=1S/C5H3ClFN/c6-4-2-1-3-5(7)8-4/h1-3H/p+1. The molecule has 1 N–H and O–H groups in total. The maximum Gasteiger partial charge on any atom is 0.359 e. The van der Waals surface area contributed by atoms with Gasteiger partial charge in [0.25, 0.3) is 5.15 Å². The zero-order valence-electron chi connectivity index (χ0n) is 3.99. The third-order valence-corrected chi connectivity index (χ3v) is 0.944. The largest absolute Gasteiger partial charge is 0.359 e. The number of rotatable bonds is 0. The number of aromatic nitrogens is 1. The van der Waals surface area contributed by atoms with Crippen molar-refractivity contribution in [3.63, 3.8) is 0 Å². The van der Waals surface area contributed by atoms with Crippen LogP contribution in [0.5, 0.6) is 0 Å². The Morgan fingerprint density at radius 2 is 2.25 bits per heavy atom. The molecule has 0 aliphatic rings. The van der Waals surface area contributed by atoms with E-state index in [-0.39, 0.29) is 0 Å². The summed E-state index contributed by atoms with van der Waals surface area (Å²) in [7, 11) is 0. The van der Waals surface area contributed by atoms with Crippen LogP contribution in [0.2, 0.25) is 5.15 Å². The van der Waals surface area contributed by atoms with Gasteiger partial charge >= 0.3 is 5.95 Å². The van der Waals surface area contributed by atoms with Crippen LogP contribution in [-0.4, -0.2) is 0 Å².